The molecule has 2 heterocycles. The predicted octanol–water partition coefficient (Wildman–Crippen LogP) is 0.685. The molecule has 1 aliphatic rings. The number of carbonyl (C=O) groups is 2. The van der Waals surface area contributed by atoms with Crippen molar-refractivity contribution in [3.05, 3.63) is 48.3 Å². The van der Waals surface area contributed by atoms with Gasteiger partial charge in [-0.2, -0.15) is 5.10 Å². The standard InChI is InChI=1S/C17H21N5O2/c1-20-11-14(10-19-20)22-8-7-21(12-17(22)24)16(23)9-15(18)13-5-3-2-4-6-13/h2-6,10-11,15H,7-9,12,18H2,1H3. The molecule has 0 bridgehead atoms. The van der Waals surface area contributed by atoms with E-state index in [4.69, 9.17) is 5.73 Å². The van der Waals surface area contributed by atoms with E-state index in [0.29, 0.717) is 13.1 Å². The summed E-state index contributed by atoms with van der Waals surface area (Å²) in [6, 6.07) is 9.16. The molecule has 126 valence electrons. The van der Waals surface area contributed by atoms with Crippen molar-refractivity contribution in [1.82, 2.24) is 14.7 Å². The summed E-state index contributed by atoms with van der Waals surface area (Å²) in [5, 5.41) is 4.08. The Balaban J connectivity index is 1.59. The third kappa shape index (κ3) is 3.46. The van der Waals surface area contributed by atoms with Crippen molar-refractivity contribution in [2.24, 2.45) is 12.8 Å². The summed E-state index contributed by atoms with van der Waals surface area (Å²) in [7, 11) is 1.80. The molecule has 1 unspecified atom stereocenters. The first-order chi connectivity index (χ1) is 11.5. The Morgan fingerprint density at radius 2 is 2.04 bits per heavy atom. The summed E-state index contributed by atoms with van der Waals surface area (Å²) in [5.74, 6) is -0.193. The fourth-order valence-electron chi connectivity index (χ4n) is 2.84. The second-order valence-electron chi connectivity index (χ2n) is 5.95. The second-order valence-corrected chi connectivity index (χ2v) is 5.95. The number of anilines is 1. The van der Waals surface area contributed by atoms with Crippen molar-refractivity contribution in [3.8, 4) is 0 Å². The first-order valence-corrected chi connectivity index (χ1v) is 7.92. The highest BCUT2D eigenvalue weighted by molar-refractivity contribution is 5.97. The van der Waals surface area contributed by atoms with Crippen LogP contribution >= 0.6 is 0 Å². The minimum Gasteiger partial charge on any atom is -0.332 e. The van der Waals surface area contributed by atoms with Gasteiger partial charge in [-0.15, -0.1) is 0 Å². The third-order valence-corrected chi connectivity index (χ3v) is 4.20. The van der Waals surface area contributed by atoms with E-state index in [1.807, 2.05) is 30.3 Å². The number of hydrogen-bond acceptors (Lipinski definition) is 4. The van der Waals surface area contributed by atoms with Gasteiger partial charge in [0.2, 0.25) is 11.8 Å². The average molecular weight is 327 g/mol. The topological polar surface area (TPSA) is 84.5 Å². The number of rotatable bonds is 4. The van der Waals surface area contributed by atoms with Gasteiger partial charge < -0.3 is 15.5 Å². The molecular weight excluding hydrogens is 306 g/mol. The summed E-state index contributed by atoms with van der Waals surface area (Å²) < 4.78 is 1.65. The van der Waals surface area contributed by atoms with Gasteiger partial charge in [0.25, 0.3) is 0 Å². The minimum absolute atomic E-state index is 0.0786. The van der Waals surface area contributed by atoms with Crippen LogP contribution in [-0.4, -0.2) is 46.1 Å². The second kappa shape index (κ2) is 6.84. The molecule has 7 heteroatoms. The Morgan fingerprint density at radius 1 is 1.29 bits per heavy atom. The minimum atomic E-state index is -0.356. The lowest BCUT2D eigenvalue weighted by Gasteiger charge is -2.34. The van der Waals surface area contributed by atoms with Gasteiger partial charge in [-0.3, -0.25) is 14.3 Å². The lowest BCUT2D eigenvalue weighted by atomic mass is 10.0. The van der Waals surface area contributed by atoms with Gasteiger partial charge in [0.1, 0.15) is 6.54 Å². The molecule has 7 nitrogen and oxygen atoms in total. The van der Waals surface area contributed by atoms with Crippen LogP contribution in [-0.2, 0) is 16.6 Å². The molecule has 24 heavy (non-hydrogen) atoms. The molecule has 1 aromatic heterocycles. The number of nitrogens with two attached hydrogens (primary N) is 1. The molecule has 0 aliphatic carbocycles. The average Bonchev–Trinajstić information content (AvgIpc) is 3.01. The monoisotopic (exact) mass is 327 g/mol. The van der Waals surface area contributed by atoms with Gasteiger partial charge in [0, 0.05) is 38.8 Å². The van der Waals surface area contributed by atoms with Crippen LogP contribution in [0.1, 0.15) is 18.0 Å². The zero-order chi connectivity index (χ0) is 17.1. The van der Waals surface area contributed by atoms with Crippen LogP contribution in [0.15, 0.2) is 42.7 Å². The van der Waals surface area contributed by atoms with E-state index in [2.05, 4.69) is 5.10 Å². The van der Waals surface area contributed by atoms with Crippen LogP contribution in [0.2, 0.25) is 0 Å². The van der Waals surface area contributed by atoms with Crippen LogP contribution in [0.5, 0.6) is 0 Å². The molecule has 1 fully saturated rings. The fraction of sp³-hybridized carbons (Fsp3) is 0.353. The summed E-state index contributed by atoms with van der Waals surface area (Å²) in [6.07, 6.45) is 3.64. The Kier molecular flexibility index (Phi) is 4.61. The summed E-state index contributed by atoms with van der Waals surface area (Å²) in [5.41, 5.74) is 7.79. The van der Waals surface area contributed by atoms with Crippen molar-refractivity contribution in [1.29, 1.82) is 0 Å². The smallest absolute Gasteiger partial charge is 0.246 e. The van der Waals surface area contributed by atoms with Crippen molar-refractivity contribution >= 4 is 17.5 Å². The Morgan fingerprint density at radius 3 is 2.67 bits per heavy atom. The lowest BCUT2D eigenvalue weighted by Crippen LogP contribution is -2.52. The molecule has 1 saturated heterocycles. The van der Waals surface area contributed by atoms with Crippen LogP contribution in [0.25, 0.3) is 0 Å². The van der Waals surface area contributed by atoms with Gasteiger partial charge in [-0.1, -0.05) is 30.3 Å². The molecule has 3 rings (SSSR count). The third-order valence-electron chi connectivity index (χ3n) is 4.20. The molecular formula is C17H21N5O2. The number of hydrogen-bond donors (Lipinski definition) is 1. The maximum Gasteiger partial charge on any atom is 0.246 e. The quantitative estimate of drug-likeness (QED) is 0.895. The summed E-state index contributed by atoms with van der Waals surface area (Å²) in [4.78, 5) is 28.0. The maximum absolute atomic E-state index is 12.4. The lowest BCUT2D eigenvalue weighted by molar-refractivity contribution is -0.137. The SMILES string of the molecule is Cn1cc(N2CCN(C(=O)CC(N)c3ccccc3)CC2=O)cn1. The Bertz CT molecular complexity index is 728. The molecule has 1 atom stereocenters. The highest BCUT2D eigenvalue weighted by atomic mass is 16.2. The molecule has 1 aliphatic heterocycles. The predicted molar refractivity (Wildman–Crippen MR) is 90.1 cm³/mol. The molecule has 0 saturated carbocycles. The number of amides is 2. The van der Waals surface area contributed by atoms with E-state index in [0.717, 1.165) is 11.3 Å². The van der Waals surface area contributed by atoms with Crippen LogP contribution in [0.4, 0.5) is 5.69 Å². The number of carbonyl (C=O) groups excluding carboxylic acids is 2. The van der Waals surface area contributed by atoms with E-state index >= 15 is 0 Å². The van der Waals surface area contributed by atoms with E-state index < -0.39 is 0 Å². The first kappa shape index (κ1) is 16.2. The first-order valence-electron chi connectivity index (χ1n) is 7.92. The van der Waals surface area contributed by atoms with Crippen LogP contribution in [0, 0.1) is 0 Å². The normalized spacial score (nSPS) is 16.3. The largest absolute Gasteiger partial charge is 0.332 e. The summed E-state index contributed by atoms with van der Waals surface area (Å²) in [6.45, 7) is 1.05. The zero-order valence-electron chi connectivity index (χ0n) is 13.6. The summed E-state index contributed by atoms with van der Waals surface area (Å²) >= 11 is 0. The molecule has 0 radical (unpaired) electrons. The van der Waals surface area contributed by atoms with Crippen molar-refractivity contribution < 1.29 is 9.59 Å². The number of benzene rings is 1. The van der Waals surface area contributed by atoms with Gasteiger partial charge >= 0.3 is 0 Å². The van der Waals surface area contributed by atoms with E-state index in [1.54, 1.807) is 33.9 Å². The van der Waals surface area contributed by atoms with E-state index in [1.165, 1.54) is 0 Å². The number of aromatic nitrogens is 2. The van der Waals surface area contributed by atoms with Crippen LogP contribution < -0.4 is 10.6 Å². The highest BCUT2D eigenvalue weighted by Gasteiger charge is 2.29. The van der Waals surface area contributed by atoms with Gasteiger partial charge in [-0.25, -0.2) is 0 Å². The fourth-order valence-corrected chi connectivity index (χ4v) is 2.84. The Hall–Kier alpha value is -2.67. The van der Waals surface area contributed by atoms with Crippen molar-refractivity contribution in [2.45, 2.75) is 12.5 Å². The van der Waals surface area contributed by atoms with Gasteiger partial charge in [-0.05, 0) is 5.56 Å². The number of piperazine rings is 1. The van der Waals surface area contributed by atoms with E-state index in [9.17, 15) is 9.59 Å². The highest BCUT2D eigenvalue weighted by Crippen LogP contribution is 2.19. The van der Waals surface area contributed by atoms with E-state index in [-0.39, 0.29) is 30.8 Å². The zero-order valence-corrected chi connectivity index (χ0v) is 13.6. The van der Waals surface area contributed by atoms with Crippen molar-refractivity contribution in [3.63, 3.8) is 0 Å². The molecule has 1 aromatic carbocycles. The Labute approximate surface area is 140 Å². The van der Waals surface area contributed by atoms with Crippen molar-refractivity contribution in [2.75, 3.05) is 24.5 Å². The number of nitrogens with zero attached hydrogens (tertiary/aromatic N) is 4. The maximum atomic E-state index is 12.4. The molecule has 0 spiro atoms. The molecule has 2 amide bonds. The van der Waals surface area contributed by atoms with Gasteiger partial charge in [0.15, 0.2) is 0 Å². The number of aryl methyl sites for hydroxylation is 1. The van der Waals surface area contributed by atoms with Gasteiger partial charge in [0.05, 0.1) is 11.9 Å². The van der Waals surface area contributed by atoms with Crippen LogP contribution in [0.3, 0.4) is 0 Å². The molecule has 2 N–H and O–H groups in total. The molecule has 2 aromatic rings.